The van der Waals surface area contributed by atoms with Gasteiger partial charge in [-0.15, -0.1) is 0 Å². The fourth-order valence-electron chi connectivity index (χ4n) is 3.22. The smallest absolute Gasteiger partial charge is 0.237 e. The van der Waals surface area contributed by atoms with Gasteiger partial charge in [0, 0.05) is 13.1 Å². The summed E-state index contributed by atoms with van der Waals surface area (Å²) in [5.41, 5.74) is 2.63. The van der Waals surface area contributed by atoms with Crippen LogP contribution < -0.4 is 10.6 Å². The molecule has 1 aromatic carbocycles. The van der Waals surface area contributed by atoms with Crippen LogP contribution in [0.5, 0.6) is 0 Å². The second-order valence-corrected chi connectivity index (χ2v) is 5.80. The lowest BCUT2D eigenvalue weighted by Gasteiger charge is -2.25. The van der Waals surface area contributed by atoms with E-state index >= 15 is 0 Å². The molecule has 3 nitrogen and oxygen atoms in total. The third-order valence-corrected chi connectivity index (χ3v) is 4.44. The lowest BCUT2D eigenvalue weighted by molar-refractivity contribution is -0.123. The van der Waals surface area contributed by atoms with Gasteiger partial charge in [-0.25, -0.2) is 0 Å². The molecule has 0 saturated heterocycles. The summed E-state index contributed by atoms with van der Waals surface area (Å²) in [6, 6.07) is 8.32. The first-order chi connectivity index (χ1) is 9.33. The summed E-state index contributed by atoms with van der Waals surface area (Å²) in [5.74, 6) is 0.876. The minimum absolute atomic E-state index is 0.0590. The maximum absolute atomic E-state index is 12.2. The van der Waals surface area contributed by atoms with Crippen molar-refractivity contribution in [2.75, 3.05) is 6.54 Å². The van der Waals surface area contributed by atoms with Crippen molar-refractivity contribution in [3.05, 3.63) is 35.4 Å². The van der Waals surface area contributed by atoms with Crippen molar-refractivity contribution in [1.82, 2.24) is 10.6 Å². The maximum atomic E-state index is 12.2. The molecule has 1 aromatic rings. The summed E-state index contributed by atoms with van der Waals surface area (Å²) < 4.78 is 0. The molecule has 102 valence electrons. The van der Waals surface area contributed by atoms with Crippen LogP contribution >= 0.6 is 0 Å². The van der Waals surface area contributed by atoms with E-state index in [0.29, 0.717) is 5.92 Å². The van der Waals surface area contributed by atoms with E-state index in [1.807, 2.05) is 0 Å². The molecule has 2 aliphatic rings. The van der Waals surface area contributed by atoms with Crippen LogP contribution in [0.15, 0.2) is 24.3 Å². The minimum atomic E-state index is -0.0590. The van der Waals surface area contributed by atoms with Crippen LogP contribution in [0, 0.1) is 5.92 Å². The predicted octanol–water partition coefficient (Wildman–Crippen LogP) is 2.01. The summed E-state index contributed by atoms with van der Waals surface area (Å²) in [6.07, 6.45) is 6.03. The van der Waals surface area contributed by atoms with Gasteiger partial charge in [-0.2, -0.15) is 0 Å². The van der Waals surface area contributed by atoms with Gasteiger partial charge in [0.15, 0.2) is 0 Å². The molecule has 0 bridgehead atoms. The minimum Gasteiger partial charge on any atom is -0.354 e. The lowest BCUT2D eigenvalue weighted by atomic mass is 9.95. The predicted molar refractivity (Wildman–Crippen MR) is 75.7 cm³/mol. The fourth-order valence-corrected chi connectivity index (χ4v) is 3.22. The Hall–Kier alpha value is -1.35. The SMILES string of the molecule is O=C(NCC1CCCC1)C1Cc2ccccc2CN1. The lowest BCUT2D eigenvalue weighted by Crippen LogP contribution is -2.48. The Balaban J connectivity index is 1.54. The van der Waals surface area contributed by atoms with Gasteiger partial charge in [-0.3, -0.25) is 4.79 Å². The Bertz CT molecular complexity index is 452. The van der Waals surface area contributed by atoms with Crippen LogP contribution in [0.3, 0.4) is 0 Å². The normalized spacial score (nSPS) is 23.1. The van der Waals surface area contributed by atoms with Gasteiger partial charge >= 0.3 is 0 Å². The van der Waals surface area contributed by atoms with Crippen LogP contribution in [-0.2, 0) is 17.8 Å². The highest BCUT2D eigenvalue weighted by atomic mass is 16.2. The Kier molecular flexibility index (Phi) is 3.83. The number of nitrogens with one attached hydrogen (secondary N) is 2. The van der Waals surface area contributed by atoms with E-state index in [-0.39, 0.29) is 11.9 Å². The van der Waals surface area contributed by atoms with Crippen molar-refractivity contribution in [3.63, 3.8) is 0 Å². The number of hydrogen-bond donors (Lipinski definition) is 2. The molecule has 0 aromatic heterocycles. The molecule has 0 spiro atoms. The number of fused-ring (bicyclic) bond motifs is 1. The topological polar surface area (TPSA) is 41.1 Å². The Morgan fingerprint density at radius 2 is 1.95 bits per heavy atom. The van der Waals surface area contributed by atoms with E-state index in [9.17, 15) is 4.79 Å². The van der Waals surface area contributed by atoms with E-state index in [1.54, 1.807) is 0 Å². The van der Waals surface area contributed by atoms with Gasteiger partial charge in [0.1, 0.15) is 0 Å². The molecule has 1 heterocycles. The molecule has 3 heteroatoms. The molecule has 2 N–H and O–H groups in total. The molecule has 0 radical (unpaired) electrons. The van der Waals surface area contributed by atoms with Crippen molar-refractivity contribution in [2.45, 2.75) is 44.7 Å². The van der Waals surface area contributed by atoms with Gasteiger partial charge in [0.25, 0.3) is 0 Å². The second-order valence-electron chi connectivity index (χ2n) is 5.80. The van der Waals surface area contributed by atoms with E-state index in [1.165, 1.54) is 36.8 Å². The highest BCUT2D eigenvalue weighted by Gasteiger charge is 2.24. The second kappa shape index (κ2) is 5.74. The molecule has 1 atom stereocenters. The van der Waals surface area contributed by atoms with E-state index in [2.05, 4.69) is 34.9 Å². The molecule has 1 aliphatic heterocycles. The molecular weight excluding hydrogens is 236 g/mol. The van der Waals surface area contributed by atoms with Crippen LogP contribution in [0.2, 0.25) is 0 Å². The van der Waals surface area contributed by atoms with Crippen LogP contribution in [-0.4, -0.2) is 18.5 Å². The summed E-state index contributed by atoms with van der Waals surface area (Å²) in [7, 11) is 0. The van der Waals surface area contributed by atoms with Crippen molar-refractivity contribution in [3.8, 4) is 0 Å². The zero-order valence-corrected chi connectivity index (χ0v) is 11.3. The monoisotopic (exact) mass is 258 g/mol. The Morgan fingerprint density at radius 3 is 2.74 bits per heavy atom. The summed E-state index contributed by atoms with van der Waals surface area (Å²) in [6.45, 7) is 1.66. The van der Waals surface area contributed by atoms with Crippen molar-refractivity contribution in [2.24, 2.45) is 5.92 Å². The van der Waals surface area contributed by atoms with Crippen LogP contribution in [0.25, 0.3) is 0 Å². The van der Waals surface area contributed by atoms with E-state index < -0.39 is 0 Å². The Labute approximate surface area is 114 Å². The molecule has 1 amide bonds. The van der Waals surface area contributed by atoms with Crippen LogP contribution in [0.4, 0.5) is 0 Å². The number of amides is 1. The van der Waals surface area contributed by atoms with E-state index in [0.717, 1.165) is 19.5 Å². The van der Waals surface area contributed by atoms with Gasteiger partial charge < -0.3 is 10.6 Å². The largest absolute Gasteiger partial charge is 0.354 e. The molecule has 19 heavy (non-hydrogen) atoms. The zero-order chi connectivity index (χ0) is 13.1. The first kappa shape index (κ1) is 12.7. The van der Waals surface area contributed by atoms with Gasteiger partial charge in [0.2, 0.25) is 5.91 Å². The number of carbonyl (C=O) groups excluding carboxylic acids is 1. The first-order valence-electron chi connectivity index (χ1n) is 7.41. The van der Waals surface area contributed by atoms with Crippen LogP contribution in [0.1, 0.15) is 36.8 Å². The highest BCUT2D eigenvalue weighted by Crippen LogP contribution is 2.23. The Morgan fingerprint density at radius 1 is 1.21 bits per heavy atom. The molecule has 3 rings (SSSR count). The number of rotatable bonds is 3. The van der Waals surface area contributed by atoms with Crippen molar-refractivity contribution in [1.29, 1.82) is 0 Å². The molecule has 1 aliphatic carbocycles. The summed E-state index contributed by atoms with van der Waals surface area (Å²) in [4.78, 5) is 12.2. The van der Waals surface area contributed by atoms with Gasteiger partial charge in [-0.05, 0) is 36.3 Å². The van der Waals surface area contributed by atoms with Gasteiger partial charge in [0.05, 0.1) is 6.04 Å². The molecule has 1 unspecified atom stereocenters. The first-order valence-corrected chi connectivity index (χ1v) is 7.41. The van der Waals surface area contributed by atoms with E-state index in [4.69, 9.17) is 0 Å². The average molecular weight is 258 g/mol. The van der Waals surface area contributed by atoms with Crippen molar-refractivity contribution >= 4 is 5.91 Å². The third kappa shape index (κ3) is 2.98. The number of benzene rings is 1. The molecule has 1 fully saturated rings. The standard InChI is InChI=1S/C16H22N2O/c19-16(18-10-12-5-1-2-6-12)15-9-13-7-3-4-8-14(13)11-17-15/h3-4,7-8,12,15,17H,1-2,5-6,9-11H2,(H,18,19). The summed E-state index contributed by atoms with van der Waals surface area (Å²) >= 11 is 0. The van der Waals surface area contributed by atoms with Gasteiger partial charge in [-0.1, -0.05) is 37.1 Å². The average Bonchev–Trinajstić information content (AvgIpc) is 2.97. The van der Waals surface area contributed by atoms with Crippen molar-refractivity contribution < 1.29 is 4.79 Å². The number of hydrogen-bond acceptors (Lipinski definition) is 2. The summed E-state index contributed by atoms with van der Waals surface area (Å²) in [5, 5.41) is 6.46. The highest BCUT2D eigenvalue weighted by molar-refractivity contribution is 5.82. The maximum Gasteiger partial charge on any atom is 0.237 e. The molecule has 1 saturated carbocycles. The molecular formula is C16H22N2O. The fraction of sp³-hybridized carbons (Fsp3) is 0.562. The zero-order valence-electron chi connectivity index (χ0n) is 11.3. The third-order valence-electron chi connectivity index (χ3n) is 4.44. The quantitative estimate of drug-likeness (QED) is 0.870. The number of carbonyl (C=O) groups is 1.